The number of methoxy groups -OCH3 is 2. The summed E-state index contributed by atoms with van der Waals surface area (Å²) < 4.78 is 36.4. The standard InChI is InChI=1S/C14H18F2N2O3/c1-20-10-4-3-9(12(5-10)21-2)7-17-13(19)11-6-14(15,16)8-18-11/h3-5,11,18H,6-8H2,1-2H3,(H,17,19). The molecule has 0 aliphatic carbocycles. The predicted molar refractivity (Wildman–Crippen MR) is 72.7 cm³/mol. The van der Waals surface area contributed by atoms with Gasteiger partial charge in [-0.2, -0.15) is 0 Å². The molecule has 2 N–H and O–H groups in total. The van der Waals surface area contributed by atoms with Gasteiger partial charge < -0.3 is 14.8 Å². The maximum atomic E-state index is 13.0. The molecule has 0 spiro atoms. The molecule has 1 aliphatic rings. The number of amides is 1. The molecule has 116 valence electrons. The molecule has 0 aromatic heterocycles. The molecule has 1 fully saturated rings. The third kappa shape index (κ3) is 3.81. The van der Waals surface area contributed by atoms with E-state index in [1.165, 1.54) is 7.11 Å². The minimum atomic E-state index is -2.82. The molecule has 5 nitrogen and oxygen atoms in total. The molecule has 1 unspecified atom stereocenters. The van der Waals surface area contributed by atoms with Crippen molar-refractivity contribution in [3.8, 4) is 11.5 Å². The van der Waals surface area contributed by atoms with E-state index < -0.39 is 30.8 Å². The van der Waals surface area contributed by atoms with Crippen molar-refractivity contribution in [1.82, 2.24) is 10.6 Å². The van der Waals surface area contributed by atoms with E-state index in [-0.39, 0.29) is 6.54 Å². The Bertz CT molecular complexity index is 523. The van der Waals surface area contributed by atoms with Crippen LogP contribution < -0.4 is 20.1 Å². The van der Waals surface area contributed by atoms with Crippen LogP contribution in [0.25, 0.3) is 0 Å². The van der Waals surface area contributed by atoms with Gasteiger partial charge in [-0.1, -0.05) is 0 Å². The Morgan fingerprint density at radius 3 is 2.76 bits per heavy atom. The molecule has 1 heterocycles. The van der Waals surface area contributed by atoms with Crippen molar-refractivity contribution in [3.63, 3.8) is 0 Å². The zero-order chi connectivity index (χ0) is 15.5. The second-order valence-corrected chi connectivity index (χ2v) is 4.89. The van der Waals surface area contributed by atoms with Crippen molar-refractivity contribution in [3.05, 3.63) is 23.8 Å². The number of carbonyl (C=O) groups excluding carboxylic acids is 1. The van der Waals surface area contributed by atoms with Gasteiger partial charge in [0.15, 0.2) is 0 Å². The van der Waals surface area contributed by atoms with E-state index in [0.717, 1.165) is 5.56 Å². The van der Waals surface area contributed by atoms with Crippen LogP contribution in [0, 0.1) is 0 Å². The minimum absolute atomic E-state index is 0.204. The van der Waals surface area contributed by atoms with E-state index >= 15 is 0 Å². The van der Waals surface area contributed by atoms with Crippen LogP contribution in [0.5, 0.6) is 11.5 Å². The molecule has 2 rings (SSSR count). The number of hydrogen-bond acceptors (Lipinski definition) is 4. The van der Waals surface area contributed by atoms with Gasteiger partial charge in [0.25, 0.3) is 5.92 Å². The number of benzene rings is 1. The summed E-state index contributed by atoms with van der Waals surface area (Å²) in [5, 5.41) is 5.15. The van der Waals surface area contributed by atoms with Crippen molar-refractivity contribution in [2.75, 3.05) is 20.8 Å². The fraction of sp³-hybridized carbons (Fsp3) is 0.500. The topological polar surface area (TPSA) is 59.6 Å². The van der Waals surface area contributed by atoms with Crippen LogP contribution in [0.4, 0.5) is 8.78 Å². The predicted octanol–water partition coefficient (Wildman–Crippen LogP) is 1.32. The van der Waals surface area contributed by atoms with Gasteiger partial charge >= 0.3 is 0 Å². The summed E-state index contributed by atoms with van der Waals surface area (Å²) in [6, 6.07) is 4.34. The van der Waals surface area contributed by atoms with Gasteiger partial charge in [0, 0.05) is 24.6 Å². The fourth-order valence-electron chi connectivity index (χ4n) is 2.20. The van der Waals surface area contributed by atoms with Crippen molar-refractivity contribution < 1.29 is 23.0 Å². The maximum Gasteiger partial charge on any atom is 0.262 e. The number of halogens is 2. The third-order valence-corrected chi connectivity index (χ3v) is 3.37. The highest BCUT2D eigenvalue weighted by molar-refractivity contribution is 5.82. The van der Waals surface area contributed by atoms with Crippen LogP contribution in [-0.2, 0) is 11.3 Å². The van der Waals surface area contributed by atoms with Crippen molar-refractivity contribution in [1.29, 1.82) is 0 Å². The van der Waals surface area contributed by atoms with Crippen molar-refractivity contribution in [2.45, 2.75) is 24.9 Å². The SMILES string of the molecule is COc1ccc(CNC(=O)C2CC(F)(F)CN2)c(OC)c1. The molecule has 1 aliphatic heterocycles. The first-order chi connectivity index (χ1) is 9.95. The zero-order valence-corrected chi connectivity index (χ0v) is 11.9. The highest BCUT2D eigenvalue weighted by atomic mass is 19.3. The summed E-state index contributed by atoms with van der Waals surface area (Å²) in [7, 11) is 3.06. The van der Waals surface area contributed by atoms with Gasteiger partial charge in [-0.05, 0) is 12.1 Å². The lowest BCUT2D eigenvalue weighted by atomic mass is 10.1. The van der Waals surface area contributed by atoms with Gasteiger partial charge in [-0.3, -0.25) is 10.1 Å². The smallest absolute Gasteiger partial charge is 0.262 e. The summed E-state index contributed by atoms with van der Waals surface area (Å²) in [5.41, 5.74) is 0.747. The van der Waals surface area contributed by atoms with E-state index in [1.54, 1.807) is 25.3 Å². The van der Waals surface area contributed by atoms with Crippen LogP contribution in [0.15, 0.2) is 18.2 Å². The first-order valence-corrected chi connectivity index (χ1v) is 6.55. The Morgan fingerprint density at radius 1 is 1.43 bits per heavy atom. The van der Waals surface area contributed by atoms with Crippen LogP contribution in [0.2, 0.25) is 0 Å². The van der Waals surface area contributed by atoms with Crippen molar-refractivity contribution >= 4 is 5.91 Å². The number of alkyl halides is 2. The fourth-order valence-corrected chi connectivity index (χ4v) is 2.20. The quantitative estimate of drug-likeness (QED) is 0.861. The van der Waals surface area contributed by atoms with Gasteiger partial charge in [-0.15, -0.1) is 0 Å². The average molecular weight is 300 g/mol. The lowest BCUT2D eigenvalue weighted by Crippen LogP contribution is -2.40. The minimum Gasteiger partial charge on any atom is -0.497 e. The summed E-state index contributed by atoms with van der Waals surface area (Å²) in [5.74, 6) is -2.05. The monoisotopic (exact) mass is 300 g/mol. The van der Waals surface area contributed by atoms with Gasteiger partial charge in [-0.25, -0.2) is 8.78 Å². The molecule has 1 aromatic carbocycles. The molecule has 1 aromatic rings. The second-order valence-electron chi connectivity index (χ2n) is 4.89. The van der Waals surface area contributed by atoms with E-state index in [1.807, 2.05) is 0 Å². The molecule has 21 heavy (non-hydrogen) atoms. The maximum absolute atomic E-state index is 13.0. The Balaban J connectivity index is 1.95. The van der Waals surface area contributed by atoms with Gasteiger partial charge in [0.2, 0.25) is 5.91 Å². The number of rotatable bonds is 5. The Morgan fingerprint density at radius 2 is 2.19 bits per heavy atom. The number of carbonyl (C=O) groups is 1. The Hall–Kier alpha value is -1.89. The molecule has 0 saturated carbocycles. The summed E-state index contributed by atoms with van der Waals surface area (Å²) >= 11 is 0. The second kappa shape index (κ2) is 6.26. The lowest BCUT2D eigenvalue weighted by Gasteiger charge is -2.14. The molecule has 7 heteroatoms. The zero-order valence-electron chi connectivity index (χ0n) is 11.9. The van der Waals surface area contributed by atoms with E-state index in [9.17, 15) is 13.6 Å². The molecule has 0 radical (unpaired) electrons. The summed E-state index contributed by atoms with van der Waals surface area (Å²) in [6.07, 6.45) is -0.474. The Kier molecular flexibility index (Phi) is 4.62. The number of hydrogen-bond donors (Lipinski definition) is 2. The van der Waals surface area contributed by atoms with E-state index in [4.69, 9.17) is 9.47 Å². The molecule has 0 bridgehead atoms. The molecule has 1 saturated heterocycles. The molecule has 1 atom stereocenters. The van der Waals surface area contributed by atoms with Gasteiger partial charge in [0.1, 0.15) is 11.5 Å². The first kappa shape index (κ1) is 15.5. The largest absolute Gasteiger partial charge is 0.497 e. The van der Waals surface area contributed by atoms with Crippen LogP contribution >= 0.6 is 0 Å². The lowest BCUT2D eigenvalue weighted by molar-refractivity contribution is -0.123. The summed E-state index contributed by atoms with van der Waals surface area (Å²) in [6.45, 7) is -0.257. The molecular weight excluding hydrogens is 282 g/mol. The van der Waals surface area contributed by atoms with E-state index in [2.05, 4.69) is 10.6 Å². The first-order valence-electron chi connectivity index (χ1n) is 6.55. The van der Waals surface area contributed by atoms with Crippen LogP contribution in [-0.4, -0.2) is 38.6 Å². The van der Waals surface area contributed by atoms with Gasteiger partial charge in [0.05, 0.1) is 26.8 Å². The normalized spacial score (nSPS) is 20.1. The third-order valence-electron chi connectivity index (χ3n) is 3.37. The summed E-state index contributed by atoms with van der Waals surface area (Å²) in [4.78, 5) is 11.9. The highest BCUT2D eigenvalue weighted by Crippen LogP contribution is 2.26. The highest BCUT2D eigenvalue weighted by Gasteiger charge is 2.42. The van der Waals surface area contributed by atoms with Crippen LogP contribution in [0.1, 0.15) is 12.0 Å². The number of nitrogens with one attached hydrogen (secondary N) is 2. The van der Waals surface area contributed by atoms with Crippen molar-refractivity contribution in [2.24, 2.45) is 0 Å². The van der Waals surface area contributed by atoms with E-state index in [0.29, 0.717) is 11.5 Å². The Labute approximate surface area is 121 Å². The number of ether oxygens (including phenoxy) is 2. The van der Waals surface area contributed by atoms with Crippen LogP contribution in [0.3, 0.4) is 0 Å². The molecule has 1 amide bonds. The average Bonchev–Trinajstić information content (AvgIpc) is 2.84. The molecular formula is C14H18F2N2O3.